The van der Waals surface area contributed by atoms with Crippen LogP contribution in [0.4, 0.5) is 5.69 Å². The van der Waals surface area contributed by atoms with Crippen LogP contribution in [0.3, 0.4) is 0 Å². The topological polar surface area (TPSA) is 42.0 Å². The molecular weight excluding hydrogens is 171 g/mol. The van der Waals surface area contributed by atoms with Gasteiger partial charge in [-0.2, -0.15) is 0 Å². The number of rotatable bonds is 2. The Morgan fingerprint density at radius 3 is 3.08 bits per heavy atom. The van der Waals surface area contributed by atoms with Crippen molar-refractivity contribution in [2.45, 2.75) is 13.1 Å². The fourth-order valence-electron chi connectivity index (χ4n) is 0.903. The molecular formula is C8H11N2OP. The van der Waals surface area contributed by atoms with Crippen LogP contribution in [-0.4, -0.2) is 10.9 Å². The minimum absolute atomic E-state index is 0.0669. The number of nitrogens with one attached hydrogen (secondary N) is 1. The number of pyridine rings is 1. The zero-order chi connectivity index (χ0) is 8.97. The minimum atomic E-state index is -0.0669. The van der Waals surface area contributed by atoms with E-state index < -0.39 is 0 Å². The first-order chi connectivity index (χ1) is 5.74. The van der Waals surface area contributed by atoms with E-state index in [1.807, 2.05) is 6.07 Å². The first-order valence-electron chi connectivity index (χ1n) is 3.64. The molecule has 1 heterocycles. The number of hydrogen-bond donors (Lipinski definition) is 1. The minimum Gasteiger partial charge on any atom is -0.325 e. The van der Waals surface area contributed by atoms with E-state index in [-0.39, 0.29) is 5.91 Å². The third kappa shape index (κ3) is 2.28. The van der Waals surface area contributed by atoms with Crippen molar-refractivity contribution in [3.63, 3.8) is 0 Å². The average molecular weight is 182 g/mol. The summed E-state index contributed by atoms with van der Waals surface area (Å²) in [6.45, 7) is 1.49. The van der Waals surface area contributed by atoms with Gasteiger partial charge < -0.3 is 5.32 Å². The first kappa shape index (κ1) is 9.14. The standard InChI is InChI=1S/C8H11N2OP/c1-6(11)10-8-4-9-3-2-7(8)5-12/h2-4H,5,12H2,1H3,(H,10,11). The Labute approximate surface area is 73.8 Å². The van der Waals surface area contributed by atoms with Crippen LogP contribution in [0.25, 0.3) is 0 Å². The zero-order valence-corrected chi connectivity index (χ0v) is 8.03. The molecule has 1 aromatic heterocycles. The van der Waals surface area contributed by atoms with Crippen LogP contribution >= 0.6 is 9.24 Å². The van der Waals surface area contributed by atoms with E-state index in [4.69, 9.17) is 0 Å². The Hall–Kier alpha value is -0.950. The molecule has 1 amide bonds. The van der Waals surface area contributed by atoms with Gasteiger partial charge in [-0.15, -0.1) is 9.24 Å². The maximum Gasteiger partial charge on any atom is 0.221 e. The second-order valence-electron chi connectivity index (χ2n) is 2.42. The predicted octanol–water partition coefficient (Wildman–Crippen LogP) is 1.42. The monoisotopic (exact) mass is 182 g/mol. The van der Waals surface area contributed by atoms with Gasteiger partial charge in [0.05, 0.1) is 11.9 Å². The van der Waals surface area contributed by atoms with Gasteiger partial charge in [-0.05, 0) is 17.8 Å². The molecule has 0 aliphatic rings. The van der Waals surface area contributed by atoms with Crippen molar-refractivity contribution in [3.05, 3.63) is 24.0 Å². The molecule has 4 heteroatoms. The predicted molar refractivity (Wildman–Crippen MR) is 52.0 cm³/mol. The summed E-state index contributed by atoms with van der Waals surface area (Å²) >= 11 is 0. The molecule has 0 radical (unpaired) electrons. The molecule has 0 aliphatic carbocycles. The summed E-state index contributed by atoms with van der Waals surface area (Å²) in [5, 5.41) is 2.71. The Kier molecular flexibility index (Phi) is 3.18. The fourth-order valence-corrected chi connectivity index (χ4v) is 1.26. The molecule has 1 N–H and O–H groups in total. The van der Waals surface area contributed by atoms with Gasteiger partial charge in [0.2, 0.25) is 5.91 Å². The molecule has 1 unspecified atom stereocenters. The highest BCUT2D eigenvalue weighted by atomic mass is 31.0. The number of amides is 1. The quantitative estimate of drug-likeness (QED) is 0.702. The van der Waals surface area contributed by atoms with Crippen LogP contribution in [0, 0.1) is 0 Å². The van der Waals surface area contributed by atoms with Crippen LogP contribution in [0.15, 0.2) is 18.5 Å². The summed E-state index contributed by atoms with van der Waals surface area (Å²) in [5.41, 5.74) is 1.87. The van der Waals surface area contributed by atoms with E-state index in [9.17, 15) is 4.79 Å². The summed E-state index contributed by atoms with van der Waals surface area (Å²) in [6.07, 6.45) is 4.18. The fraction of sp³-hybridized carbons (Fsp3) is 0.250. The SMILES string of the molecule is CC(=O)Nc1cnccc1CP. The molecule has 0 aliphatic heterocycles. The molecule has 1 aromatic rings. The lowest BCUT2D eigenvalue weighted by atomic mass is 10.2. The molecule has 0 bridgehead atoms. The molecule has 12 heavy (non-hydrogen) atoms. The van der Waals surface area contributed by atoms with Crippen molar-refractivity contribution in [1.82, 2.24) is 4.98 Å². The lowest BCUT2D eigenvalue weighted by Crippen LogP contribution is -2.07. The van der Waals surface area contributed by atoms with Crippen LogP contribution in [-0.2, 0) is 11.0 Å². The molecule has 0 spiro atoms. The third-order valence-electron chi connectivity index (χ3n) is 1.44. The van der Waals surface area contributed by atoms with Crippen LogP contribution in [0.1, 0.15) is 12.5 Å². The van der Waals surface area contributed by atoms with E-state index in [0.29, 0.717) is 0 Å². The normalized spacial score (nSPS) is 9.50. The van der Waals surface area contributed by atoms with Gasteiger partial charge in [-0.1, -0.05) is 0 Å². The molecule has 0 aromatic carbocycles. The Morgan fingerprint density at radius 2 is 2.50 bits per heavy atom. The number of anilines is 1. The summed E-state index contributed by atoms with van der Waals surface area (Å²) in [4.78, 5) is 14.7. The second kappa shape index (κ2) is 4.17. The van der Waals surface area contributed by atoms with Crippen molar-refractivity contribution in [3.8, 4) is 0 Å². The van der Waals surface area contributed by atoms with Crippen molar-refractivity contribution >= 4 is 20.8 Å². The largest absolute Gasteiger partial charge is 0.325 e. The number of aromatic nitrogens is 1. The van der Waals surface area contributed by atoms with E-state index in [0.717, 1.165) is 17.4 Å². The van der Waals surface area contributed by atoms with Crippen LogP contribution in [0.2, 0.25) is 0 Å². The van der Waals surface area contributed by atoms with Crippen molar-refractivity contribution in [1.29, 1.82) is 0 Å². The molecule has 0 saturated carbocycles. The third-order valence-corrected chi connectivity index (χ3v) is 1.88. The van der Waals surface area contributed by atoms with Gasteiger partial charge in [0.15, 0.2) is 0 Å². The Balaban J connectivity index is 2.89. The summed E-state index contributed by atoms with van der Waals surface area (Å²) < 4.78 is 0. The average Bonchev–Trinajstić information content (AvgIpc) is 2.04. The number of carbonyl (C=O) groups excluding carboxylic acids is 1. The van der Waals surface area contributed by atoms with Crippen LogP contribution in [0.5, 0.6) is 0 Å². The highest BCUT2D eigenvalue weighted by Crippen LogP contribution is 2.15. The summed E-state index contributed by atoms with van der Waals surface area (Å²) in [5.74, 6) is -0.0669. The van der Waals surface area contributed by atoms with Gasteiger partial charge in [0.25, 0.3) is 0 Å². The van der Waals surface area contributed by atoms with E-state index >= 15 is 0 Å². The molecule has 0 saturated heterocycles. The first-order valence-corrected chi connectivity index (χ1v) is 4.46. The lowest BCUT2D eigenvalue weighted by molar-refractivity contribution is -0.114. The van der Waals surface area contributed by atoms with Gasteiger partial charge in [0, 0.05) is 13.1 Å². The molecule has 1 atom stereocenters. The van der Waals surface area contributed by atoms with Crippen LogP contribution < -0.4 is 5.32 Å². The molecule has 1 rings (SSSR count). The lowest BCUT2D eigenvalue weighted by Gasteiger charge is -2.05. The number of carbonyl (C=O) groups is 1. The summed E-state index contributed by atoms with van der Waals surface area (Å²) in [7, 11) is 2.61. The van der Waals surface area contributed by atoms with E-state index in [2.05, 4.69) is 19.5 Å². The highest BCUT2D eigenvalue weighted by Gasteiger charge is 2.00. The number of hydrogen-bond acceptors (Lipinski definition) is 2. The highest BCUT2D eigenvalue weighted by molar-refractivity contribution is 7.15. The number of nitrogens with zero attached hydrogens (tertiary/aromatic N) is 1. The summed E-state index contributed by atoms with van der Waals surface area (Å²) in [6, 6.07) is 1.89. The Morgan fingerprint density at radius 1 is 1.75 bits per heavy atom. The van der Waals surface area contributed by atoms with Gasteiger partial charge in [-0.25, -0.2) is 0 Å². The second-order valence-corrected chi connectivity index (χ2v) is 2.83. The van der Waals surface area contributed by atoms with Crippen molar-refractivity contribution in [2.24, 2.45) is 0 Å². The van der Waals surface area contributed by atoms with Crippen molar-refractivity contribution in [2.75, 3.05) is 5.32 Å². The Bertz CT molecular complexity index is 288. The van der Waals surface area contributed by atoms with E-state index in [1.165, 1.54) is 6.92 Å². The molecule has 3 nitrogen and oxygen atoms in total. The van der Waals surface area contributed by atoms with Crippen molar-refractivity contribution < 1.29 is 4.79 Å². The molecule has 64 valence electrons. The van der Waals surface area contributed by atoms with Gasteiger partial charge >= 0.3 is 0 Å². The van der Waals surface area contributed by atoms with Gasteiger partial charge in [0.1, 0.15) is 0 Å². The smallest absolute Gasteiger partial charge is 0.221 e. The maximum absolute atomic E-state index is 10.7. The van der Waals surface area contributed by atoms with E-state index in [1.54, 1.807) is 12.4 Å². The zero-order valence-electron chi connectivity index (χ0n) is 6.87. The molecule has 0 fully saturated rings. The van der Waals surface area contributed by atoms with Gasteiger partial charge in [-0.3, -0.25) is 9.78 Å². The maximum atomic E-state index is 10.7.